The molecule has 1 heterocycles. The Morgan fingerprint density at radius 1 is 1.53 bits per heavy atom. The number of aromatic nitrogens is 1. The number of halogens is 1. The van der Waals surface area contributed by atoms with Gasteiger partial charge in [-0.1, -0.05) is 24.4 Å². The summed E-state index contributed by atoms with van der Waals surface area (Å²) in [7, 11) is 0. The number of nitrogens with two attached hydrogens (primary N) is 1. The van der Waals surface area contributed by atoms with E-state index in [4.69, 9.17) is 17.3 Å². The van der Waals surface area contributed by atoms with Crippen LogP contribution in [-0.4, -0.2) is 22.5 Å². The Hall–Kier alpha value is -1.40. The summed E-state index contributed by atoms with van der Waals surface area (Å²) in [5, 5.41) is 14.2. The summed E-state index contributed by atoms with van der Waals surface area (Å²) in [4.78, 5) is 14.2. The molecule has 19 heavy (non-hydrogen) atoms. The van der Waals surface area contributed by atoms with Gasteiger partial charge in [-0.05, 0) is 25.3 Å². The van der Waals surface area contributed by atoms with Crippen molar-refractivity contribution >= 4 is 23.1 Å². The molecule has 0 radical (unpaired) electrons. The van der Waals surface area contributed by atoms with Crippen molar-refractivity contribution in [2.75, 3.05) is 11.9 Å². The van der Waals surface area contributed by atoms with E-state index in [9.17, 15) is 10.1 Å². The monoisotopic (exact) mass is 284 g/mol. The lowest BCUT2D eigenvalue weighted by molar-refractivity contribution is -0.385. The summed E-state index contributed by atoms with van der Waals surface area (Å²) >= 11 is 6.02. The highest BCUT2D eigenvalue weighted by Crippen LogP contribution is 2.29. The molecule has 1 aromatic rings. The zero-order valence-electron chi connectivity index (χ0n) is 10.5. The molecule has 0 aromatic carbocycles. The molecule has 0 aliphatic heterocycles. The minimum Gasteiger partial charge on any atom is -0.366 e. The van der Waals surface area contributed by atoms with Gasteiger partial charge in [0.25, 0.3) is 5.69 Å². The summed E-state index contributed by atoms with van der Waals surface area (Å²) in [6, 6.07) is 1.56. The van der Waals surface area contributed by atoms with Gasteiger partial charge in [-0.25, -0.2) is 4.98 Å². The maximum absolute atomic E-state index is 10.6. The maximum atomic E-state index is 10.6. The molecule has 104 valence electrons. The minimum absolute atomic E-state index is 0.102. The second kappa shape index (κ2) is 6.16. The van der Waals surface area contributed by atoms with Gasteiger partial charge in [0, 0.05) is 12.1 Å². The Balaban J connectivity index is 2.11. The Labute approximate surface area is 116 Å². The van der Waals surface area contributed by atoms with Gasteiger partial charge in [0.1, 0.15) is 12.0 Å². The largest absolute Gasteiger partial charge is 0.366 e. The van der Waals surface area contributed by atoms with Crippen LogP contribution in [0, 0.1) is 16.0 Å². The quantitative estimate of drug-likeness (QED) is 0.654. The second-order valence-electron chi connectivity index (χ2n) is 4.81. The Morgan fingerprint density at radius 3 is 2.89 bits per heavy atom. The number of hydrogen-bond acceptors (Lipinski definition) is 5. The van der Waals surface area contributed by atoms with E-state index in [1.54, 1.807) is 0 Å². The minimum atomic E-state index is -0.508. The van der Waals surface area contributed by atoms with Crippen LogP contribution < -0.4 is 11.1 Å². The van der Waals surface area contributed by atoms with Crippen molar-refractivity contribution in [3.63, 3.8) is 0 Å². The SMILES string of the molecule is NCC1CCCCC1Nc1ncc([N+](=O)[O-])cc1Cl. The van der Waals surface area contributed by atoms with Gasteiger partial charge < -0.3 is 11.1 Å². The molecular formula is C12H17ClN4O2. The number of nitrogens with one attached hydrogen (secondary N) is 1. The summed E-state index contributed by atoms with van der Waals surface area (Å²) < 4.78 is 0. The van der Waals surface area contributed by atoms with Crippen LogP contribution in [0.5, 0.6) is 0 Å². The third-order valence-electron chi connectivity index (χ3n) is 3.57. The van der Waals surface area contributed by atoms with Crippen molar-refractivity contribution in [3.8, 4) is 0 Å². The highest BCUT2D eigenvalue weighted by atomic mass is 35.5. The third kappa shape index (κ3) is 3.33. The van der Waals surface area contributed by atoms with E-state index < -0.39 is 4.92 Å². The van der Waals surface area contributed by atoms with E-state index in [0.29, 0.717) is 18.3 Å². The smallest absolute Gasteiger partial charge is 0.289 e. The van der Waals surface area contributed by atoms with Gasteiger partial charge in [-0.3, -0.25) is 10.1 Å². The Bertz CT molecular complexity index is 469. The van der Waals surface area contributed by atoms with Crippen LogP contribution in [0.2, 0.25) is 5.02 Å². The predicted octanol–water partition coefficient (Wildman–Crippen LogP) is 2.57. The first-order chi connectivity index (χ1) is 9.11. The molecule has 1 fully saturated rings. The molecule has 6 nitrogen and oxygen atoms in total. The molecule has 1 saturated carbocycles. The molecule has 7 heteroatoms. The molecule has 0 bridgehead atoms. The van der Waals surface area contributed by atoms with Crippen molar-refractivity contribution in [1.29, 1.82) is 0 Å². The molecule has 1 aromatic heterocycles. The molecule has 2 atom stereocenters. The fraction of sp³-hybridized carbons (Fsp3) is 0.583. The first kappa shape index (κ1) is 14.0. The molecule has 0 spiro atoms. The van der Waals surface area contributed by atoms with Gasteiger partial charge in [0.05, 0.1) is 9.95 Å². The number of pyridine rings is 1. The molecule has 1 aliphatic rings. The number of nitrogens with zero attached hydrogens (tertiary/aromatic N) is 2. The standard InChI is InChI=1S/C12H17ClN4O2/c13-10-5-9(17(18)19)7-15-12(10)16-11-4-2-1-3-8(11)6-14/h5,7-8,11H,1-4,6,14H2,(H,15,16). The molecule has 2 rings (SSSR count). The normalized spacial score (nSPS) is 23.1. The zero-order chi connectivity index (χ0) is 13.8. The highest BCUT2D eigenvalue weighted by molar-refractivity contribution is 6.33. The van der Waals surface area contributed by atoms with Gasteiger partial charge in [-0.15, -0.1) is 0 Å². The highest BCUT2D eigenvalue weighted by Gasteiger charge is 2.25. The van der Waals surface area contributed by atoms with E-state index in [1.807, 2.05) is 0 Å². The first-order valence-corrected chi connectivity index (χ1v) is 6.76. The summed E-state index contributed by atoms with van der Waals surface area (Å²) in [6.07, 6.45) is 5.68. The summed E-state index contributed by atoms with van der Waals surface area (Å²) in [5.41, 5.74) is 5.66. The van der Waals surface area contributed by atoms with Gasteiger partial charge in [0.15, 0.2) is 0 Å². The predicted molar refractivity (Wildman–Crippen MR) is 74.3 cm³/mol. The molecule has 0 saturated heterocycles. The molecule has 1 aliphatic carbocycles. The fourth-order valence-electron chi connectivity index (χ4n) is 2.49. The summed E-state index contributed by atoms with van der Waals surface area (Å²) in [6.45, 7) is 0.627. The van der Waals surface area contributed by atoms with E-state index in [-0.39, 0.29) is 16.8 Å². The lowest BCUT2D eigenvalue weighted by atomic mass is 9.84. The van der Waals surface area contributed by atoms with Gasteiger partial charge in [0.2, 0.25) is 0 Å². The molecular weight excluding hydrogens is 268 g/mol. The van der Waals surface area contributed by atoms with Crippen molar-refractivity contribution < 1.29 is 4.92 Å². The van der Waals surface area contributed by atoms with Crippen molar-refractivity contribution in [2.45, 2.75) is 31.7 Å². The van der Waals surface area contributed by atoms with Crippen LogP contribution in [0.3, 0.4) is 0 Å². The van der Waals surface area contributed by atoms with E-state index >= 15 is 0 Å². The van der Waals surface area contributed by atoms with Crippen molar-refractivity contribution in [3.05, 3.63) is 27.4 Å². The van der Waals surface area contributed by atoms with Gasteiger partial charge in [-0.2, -0.15) is 0 Å². The lowest BCUT2D eigenvalue weighted by Gasteiger charge is -2.31. The van der Waals surface area contributed by atoms with Crippen molar-refractivity contribution in [1.82, 2.24) is 4.98 Å². The van der Waals surface area contributed by atoms with E-state index in [2.05, 4.69) is 10.3 Å². The number of rotatable bonds is 4. The van der Waals surface area contributed by atoms with E-state index in [0.717, 1.165) is 19.3 Å². The van der Waals surface area contributed by atoms with E-state index in [1.165, 1.54) is 18.7 Å². The van der Waals surface area contributed by atoms with Gasteiger partial charge >= 0.3 is 0 Å². The molecule has 0 amide bonds. The molecule has 3 N–H and O–H groups in total. The number of nitro groups is 1. The Kier molecular flexibility index (Phi) is 4.55. The first-order valence-electron chi connectivity index (χ1n) is 6.38. The number of hydrogen-bond donors (Lipinski definition) is 2. The van der Waals surface area contributed by atoms with Crippen LogP contribution in [0.4, 0.5) is 11.5 Å². The van der Waals surface area contributed by atoms with Crippen molar-refractivity contribution in [2.24, 2.45) is 11.7 Å². The van der Waals surface area contributed by atoms with Crippen LogP contribution >= 0.6 is 11.6 Å². The third-order valence-corrected chi connectivity index (χ3v) is 3.86. The Morgan fingerprint density at radius 2 is 2.26 bits per heavy atom. The average molecular weight is 285 g/mol. The number of anilines is 1. The van der Waals surface area contributed by atoms with Crippen LogP contribution in [0.15, 0.2) is 12.3 Å². The van der Waals surface area contributed by atoms with Crippen LogP contribution in [0.25, 0.3) is 0 Å². The average Bonchev–Trinajstić information content (AvgIpc) is 2.41. The zero-order valence-corrected chi connectivity index (χ0v) is 11.3. The lowest BCUT2D eigenvalue weighted by Crippen LogP contribution is -2.37. The second-order valence-corrected chi connectivity index (χ2v) is 5.22. The summed E-state index contributed by atoms with van der Waals surface area (Å²) in [5.74, 6) is 0.902. The molecule has 2 unspecified atom stereocenters. The van der Waals surface area contributed by atoms with Crippen LogP contribution in [-0.2, 0) is 0 Å². The maximum Gasteiger partial charge on any atom is 0.289 e. The fourth-order valence-corrected chi connectivity index (χ4v) is 2.70. The van der Waals surface area contributed by atoms with Crippen LogP contribution in [0.1, 0.15) is 25.7 Å². The topological polar surface area (TPSA) is 94.1 Å².